The topological polar surface area (TPSA) is 48.0 Å². The summed E-state index contributed by atoms with van der Waals surface area (Å²) in [7, 11) is 5.18. The summed E-state index contributed by atoms with van der Waals surface area (Å²) < 4.78 is 16.1. The average Bonchev–Trinajstić information content (AvgIpc) is 2.79. The first-order valence-corrected chi connectivity index (χ1v) is 8.12. The summed E-state index contributed by atoms with van der Waals surface area (Å²) in [5.41, 5.74) is 1.21. The maximum atomic E-state index is 12.6. The van der Waals surface area contributed by atoms with Crippen LogP contribution in [0.25, 0.3) is 0 Å². The van der Waals surface area contributed by atoms with Crippen LogP contribution in [0.1, 0.15) is 24.3 Å². The van der Waals surface area contributed by atoms with Crippen molar-refractivity contribution in [1.29, 1.82) is 0 Å². The van der Waals surface area contributed by atoms with Crippen molar-refractivity contribution in [3.05, 3.63) is 35.9 Å². The van der Waals surface area contributed by atoms with E-state index in [-0.39, 0.29) is 36.7 Å². The summed E-state index contributed by atoms with van der Waals surface area (Å²) in [5, 5.41) is 0. The Balaban J connectivity index is 1.92. The monoisotopic (exact) mass is 319 g/mol. The van der Waals surface area contributed by atoms with E-state index in [9.17, 15) is 4.79 Å². The minimum atomic E-state index is -0.215. The number of ether oxygens (including phenoxy) is 3. The van der Waals surface area contributed by atoms with Crippen LogP contribution in [0.5, 0.6) is 0 Å². The molecule has 1 aromatic carbocycles. The van der Waals surface area contributed by atoms with E-state index in [1.165, 1.54) is 12.7 Å². The highest BCUT2D eigenvalue weighted by atomic mass is 16.7. The van der Waals surface area contributed by atoms with Gasteiger partial charge in [-0.2, -0.15) is 0 Å². The molecule has 5 heteroatoms. The van der Waals surface area contributed by atoms with Crippen molar-refractivity contribution in [1.82, 2.24) is 4.90 Å². The number of carbonyl (C=O) groups is 1. The maximum Gasteiger partial charge on any atom is 0.310 e. The van der Waals surface area contributed by atoms with Crippen LogP contribution >= 0.6 is 0 Å². The van der Waals surface area contributed by atoms with Gasteiger partial charge in [0.1, 0.15) is 6.79 Å². The number of benzene rings is 1. The Kier molecular flexibility index (Phi) is 4.99. The van der Waals surface area contributed by atoms with Gasteiger partial charge in [0.05, 0.1) is 19.1 Å². The zero-order valence-corrected chi connectivity index (χ0v) is 14.0. The van der Waals surface area contributed by atoms with Crippen LogP contribution in [0.15, 0.2) is 30.3 Å². The van der Waals surface area contributed by atoms with Crippen molar-refractivity contribution < 1.29 is 19.0 Å². The minimum absolute atomic E-state index is 0.00256. The zero-order valence-electron chi connectivity index (χ0n) is 14.0. The molecule has 0 N–H and O–H groups in total. The molecule has 3 rings (SSSR count). The second kappa shape index (κ2) is 6.99. The van der Waals surface area contributed by atoms with Gasteiger partial charge in [-0.25, -0.2) is 0 Å². The molecular weight excluding hydrogens is 294 g/mol. The van der Waals surface area contributed by atoms with Crippen LogP contribution in [-0.4, -0.2) is 57.1 Å². The third-order valence-electron chi connectivity index (χ3n) is 5.36. The molecule has 0 spiro atoms. The molecule has 0 aliphatic carbocycles. The van der Waals surface area contributed by atoms with Crippen LogP contribution in [-0.2, 0) is 19.0 Å². The molecule has 2 aliphatic heterocycles. The van der Waals surface area contributed by atoms with Crippen molar-refractivity contribution >= 4 is 5.97 Å². The van der Waals surface area contributed by atoms with Gasteiger partial charge in [-0.1, -0.05) is 30.3 Å². The zero-order chi connectivity index (χ0) is 16.4. The van der Waals surface area contributed by atoms with Crippen LogP contribution in [0.2, 0.25) is 0 Å². The van der Waals surface area contributed by atoms with Crippen LogP contribution in [0, 0.1) is 5.92 Å². The highest BCUT2D eigenvalue weighted by Gasteiger charge is 2.54. The van der Waals surface area contributed by atoms with Crippen LogP contribution in [0.4, 0.5) is 0 Å². The SMILES string of the molecule is COCO[C@@H]1CC2C[C@H](c3ccccc3)[C@H](C(=O)OC)C1N2C. The van der Waals surface area contributed by atoms with Crippen molar-refractivity contribution in [3.63, 3.8) is 0 Å². The summed E-state index contributed by atoms with van der Waals surface area (Å²) in [6, 6.07) is 10.7. The number of rotatable bonds is 5. The second-order valence-electron chi connectivity index (χ2n) is 6.46. The lowest BCUT2D eigenvalue weighted by Crippen LogP contribution is -2.52. The number of hydrogen-bond acceptors (Lipinski definition) is 5. The maximum absolute atomic E-state index is 12.6. The number of hydrogen-bond donors (Lipinski definition) is 0. The smallest absolute Gasteiger partial charge is 0.310 e. The van der Waals surface area contributed by atoms with E-state index < -0.39 is 0 Å². The molecule has 2 aliphatic rings. The predicted octanol–water partition coefficient (Wildman–Crippen LogP) is 2.02. The first-order chi connectivity index (χ1) is 11.2. The lowest BCUT2D eigenvalue weighted by atomic mass is 9.76. The fraction of sp³-hybridized carbons (Fsp3) is 0.611. The number of likely N-dealkylation sites (N-methyl/N-ethyl adjacent to an activating group) is 1. The normalized spacial score (nSPS) is 33.6. The molecule has 2 heterocycles. The minimum Gasteiger partial charge on any atom is -0.469 e. The van der Waals surface area contributed by atoms with Gasteiger partial charge in [-0.3, -0.25) is 9.69 Å². The molecule has 0 saturated carbocycles. The highest BCUT2D eigenvalue weighted by molar-refractivity contribution is 5.75. The lowest BCUT2D eigenvalue weighted by Gasteiger charge is -2.42. The lowest BCUT2D eigenvalue weighted by molar-refractivity contribution is -0.154. The van der Waals surface area contributed by atoms with Gasteiger partial charge in [0.25, 0.3) is 0 Å². The van der Waals surface area contributed by atoms with Crippen molar-refractivity contribution in [3.8, 4) is 0 Å². The molecule has 2 unspecified atom stereocenters. The molecule has 0 aromatic heterocycles. The molecule has 2 saturated heterocycles. The quantitative estimate of drug-likeness (QED) is 0.614. The average molecular weight is 319 g/mol. The molecule has 0 amide bonds. The van der Waals surface area contributed by atoms with E-state index in [0.717, 1.165) is 12.8 Å². The van der Waals surface area contributed by atoms with Gasteiger partial charge in [-0.05, 0) is 25.5 Å². The summed E-state index contributed by atoms with van der Waals surface area (Å²) >= 11 is 0. The Morgan fingerprint density at radius 2 is 1.96 bits per heavy atom. The Bertz CT molecular complexity index is 535. The van der Waals surface area contributed by atoms with Gasteiger partial charge in [0.15, 0.2) is 0 Å². The van der Waals surface area contributed by atoms with Crippen LogP contribution in [0.3, 0.4) is 0 Å². The first kappa shape index (κ1) is 16.4. The van der Waals surface area contributed by atoms with E-state index in [1.54, 1.807) is 7.11 Å². The van der Waals surface area contributed by atoms with Gasteiger partial charge in [-0.15, -0.1) is 0 Å². The Labute approximate surface area is 137 Å². The van der Waals surface area contributed by atoms with E-state index in [0.29, 0.717) is 6.04 Å². The van der Waals surface area contributed by atoms with E-state index in [4.69, 9.17) is 14.2 Å². The number of piperidine rings is 1. The van der Waals surface area contributed by atoms with Gasteiger partial charge in [0, 0.05) is 25.1 Å². The summed E-state index contributed by atoms with van der Waals surface area (Å²) in [6.45, 7) is 0.256. The fourth-order valence-electron chi connectivity index (χ4n) is 4.31. The Hall–Kier alpha value is -1.43. The fourth-order valence-corrected chi connectivity index (χ4v) is 4.31. The molecule has 5 nitrogen and oxygen atoms in total. The van der Waals surface area contributed by atoms with Crippen molar-refractivity contribution in [2.45, 2.75) is 36.9 Å². The molecule has 126 valence electrons. The summed E-state index contributed by atoms with van der Waals surface area (Å²) in [5.74, 6) is -0.193. The molecular formula is C18H25NO4. The molecule has 23 heavy (non-hydrogen) atoms. The summed E-state index contributed by atoms with van der Waals surface area (Å²) in [4.78, 5) is 14.9. The van der Waals surface area contributed by atoms with E-state index in [1.807, 2.05) is 18.2 Å². The van der Waals surface area contributed by atoms with Gasteiger partial charge in [0.2, 0.25) is 0 Å². The van der Waals surface area contributed by atoms with Crippen molar-refractivity contribution in [2.24, 2.45) is 5.92 Å². The number of nitrogens with zero attached hydrogens (tertiary/aromatic N) is 1. The number of esters is 1. The van der Waals surface area contributed by atoms with Crippen LogP contribution < -0.4 is 0 Å². The Morgan fingerprint density at radius 3 is 2.61 bits per heavy atom. The third kappa shape index (κ3) is 3.01. The first-order valence-electron chi connectivity index (χ1n) is 8.12. The van der Waals surface area contributed by atoms with Gasteiger partial charge < -0.3 is 14.2 Å². The predicted molar refractivity (Wildman–Crippen MR) is 86.0 cm³/mol. The summed E-state index contributed by atoms with van der Waals surface area (Å²) in [6.07, 6.45) is 1.88. The number of carbonyl (C=O) groups excluding carboxylic acids is 1. The number of fused-ring (bicyclic) bond motifs is 2. The van der Waals surface area contributed by atoms with E-state index >= 15 is 0 Å². The standard InChI is InChI=1S/C18H25NO4/c1-19-13-9-14(12-7-5-4-6-8-12)16(18(20)22-3)17(19)15(10-13)23-11-21-2/h4-8,13-17H,9-11H2,1-3H3/t13?,14-,15-,16+,17?/m1/s1. The molecule has 0 radical (unpaired) electrons. The second-order valence-corrected chi connectivity index (χ2v) is 6.46. The molecule has 1 aromatic rings. The van der Waals surface area contributed by atoms with E-state index in [2.05, 4.69) is 24.1 Å². The third-order valence-corrected chi connectivity index (χ3v) is 5.36. The number of methoxy groups -OCH3 is 2. The highest BCUT2D eigenvalue weighted by Crippen LogP contribution is 2.47. The molecule has 2 bridgehead atoms. The van der Waals surface area contributed by atoms with Gasteiger partial charge >= 0.3 is 5.97 Å². The van der Waals surface area contributed by atoms with Crippen molar-refractivity contribution in [2.75, 3.05) is 28.1 Å². The largest absolute Gasteiger partial charge is 0.469 e. The molecule has 5 atom stereocenters. The Morgan fingerprint density at radius 1 is 1.22 bits per heavy atom. The molecule has 2 fully saturated rings.